The SMILES string of the molecule is CN(C)c1ccc(-c2cnc(CNCc3ccco3)s2)cc1. The lowest BCUT2D eigenvalue weighted by Gasteiger charge is -2.12. The molecule has 2 aromatic heterocycles. The Labute approximate surface area is 134 Å². The van der Waals surface area contributed by atoms with Crippen LogP contribution in [0.15, 0.2) is 53.3 Å². The van der Waals surface area contributed by atoms with Gasteiger partial charge in [-0.25, -0.2) is 4.98 Å². The Hall–Kier alpha value is -2.11. The van der Waals surface area contributed by atoms with Crippen molar-refractivity contribution in [3.8, 4) is 10.4 Å². The second-order valence-corrected chi connectivity index (χ2v) is 6.36. The van der Waals surface area contributed by atoms with E-state index in [1.807, 2.05) is 32.4 Å². The molecule has 0 aliphatic heterocycles. The molecule has 0 aliphatic carbocycles. The van der Waals surface area contributed by atoms with Crippen molar-refractivity contribution in [3.63, 3.8) is 0 Å². The molecule has 5 heteroatoms. The highest BCUT2D eigenvalue weighted by molar-refractivity contribution is 7.15. The van der Waals surface area contributed by atoms with Gasteiger partial charge in [-0.15, -0.1) is 11.3 Å². The molecule has 4 nitrogen and oxygen atoms in total. The van der Waals surface area contributed by atoms with Crippen LogP contribution in [0.4, 0.5) is 5.69 Å². The van der Waals surface area contributed by atoms with Crippen molar-refractivity contribution in [2.75, 3.05) is 19.0 Å². The molecule has 1 aromatic carbocycles. The van der Waals surface area contributed by atoms with E-state index in [-0.39, 0.29) is 0 Å². The van der Waals surface area contributed by atoms with E-state index in [1.54, 1.807) is 17.6 Å². The Balaban J connectivity index is 1.60. The molecule has 0 amide bonds. The number of hydrogen-bond donors (Lipinski definition) is 1. The first kappa shape index (κ1) is 14.8. The minimum absolute atomic E-state index is 0.722. The van der Waals surface area contributed by atoms with Crippen LogP contribution in [-0.4, -0.2) is 19.1 Å². The van der Waals surface area contributed by atoms with Crippen LogP contribution < -0.4 is 10.2 Å². The van der Waals surface area contributed by atoms with E-state index in [1.165, 1.54) is 16.1 Å². The smallest absolute Gasteiger partial charge is 0.117 e. The molecule has 0 spiro atoms. The van der Waals surface area contributed by atoms with Gasteiger partial charge in [0.1, 0.15) is 10.8 Å². The molecule has 0 bridgehead atoms. The fraction of sp³-hybridized carbons (Fsp3) is 0.235. The summed E-state index contributed by atoms with van der Waals surface area (Å²) in [6, 6.07) is 12.4. The van der Waals surface area contributed by atoms with Gasteiger partial charge >= 0.3 is 0 Å². The van der Waals surface area contributed by atoms with Crippen molar-refractivity contribution in [2.45, 2.75) is 13.1 Å². The summed E-state index contributed by atoms with van der Waals surface area (Å²) in [5, 5.41) is 4.42. The molecule has 2 heterocycles. The summed E-state index contributed by atoms with van der Waals surface area (Å²) >= 11 is 1.72. The van der Waals surface area contributed by atoms with E-state index in [2.05, 4.69) is 39.5 Å². The molecular weight excluding hydrogens is 294 g/mol. The van der Waals surface area contributed by atoms with Crippen LogP contribution in [0.5, 0.6) is 0 Å². The molecule has 3 aromatic rings. The Morgan fingerprint density at radius 1 is 1.14 bits per heavy atom. The third-order valence-electron chi connectivity index (χ3n) is 3.38. The third-order valence-corrected chi connectivity index (χ3v) is 4.42. The van der Waals surface area contributed by atoms with Crippen LogP contribution in [0.1, 0.15) is 10.8 Å². The quantitative estimate of drug-likeness (QED) is 0.752. The number of hydrogen-bond acceptors (Lipinski definition) is 5. The normalized spacial score (nSPS) is 10.8. The summed E-state index contributed by atoms with van der Waals surface area (Å²) in [5.74, 6) is 0.941. The Morgan fingerprint density at radius 3 is 2.64 bits per heavy atom. The molecule has 0 fully saturated rings. The summed E-state index contributed by atoms with van der Waals surface area (Å²) in [5.41, 5.74) is 2.41. The zero-order valence-electron chi connectivity index (χ0n) is 12.7. The van der Waals surface area contributed by atoms with Crippen molar-refractivity contribution in [2.24, 2.45) is 0 Å². The number of aromatic nitrogens is 1. The number of nitrogens with one attached hydrogen (secondary N) is 1. The fourth-order valence-electron chi connectivity index (χ4n) is 2.16. The maximum absolute atomic E-state index is 5.29. The predicted molar refractivity (Wildman–Crippen MR) is 91.1 cm³/mol. The number of benzene rings is 1. The standard InChI is InChI=1S/C17H19N3OS/c1-20(2)14-7-5-13(6-8-14)16-11-19-17(22-16)12-18-10-15-4-3-9-21-15/h3-9,11,18H,10,12H2,1-2H3. The fourth-order valence-corrected chi connectivity index (χ4v) is 3.05. The van der Waals surface area contributed by atoms with E-state index in [9.17, 15) is 0 Å². The lowest BCUT2D eigenvalue weighted by molar-refractivity contribution is 0.483. The molecule has 3 rings (SSSR count). The highest BCUT2D eigenvalue weighted by Crippen LogP contribution is 2.27. The molecule has 22 heavy (non-hydrogen) atoms. The van der Waals surface area contributed by atoms with E-state index >= 15 is 0 Å². The van der Waals surface area contributed by atoms with E-state index in [4.69, 9.17) is 4.42 Å². The van der Waals surface area contributed by atoms with Gasteiger partial charge in [-0.3, -0.25) is 0 Å². The first-order chi connectivity index (χ1) is 10.7. The number of thiazole rings is 1. The van der Waals surface area contributed by atoms with Gasteiger partial charge in [-0.1, -0.05) is 12.1 Å². The van der Waals surface area contributed by atoms with Crippen molar-refractivity contribution in [1.82, 2.24) is 10.3 Å². The topological polar surface area (TPSA) is 41.3 Å². The third kappa shape index (κ3) is 3.55. The number of rotatable bonds is 6. The summed E-state index contributed by atoms with van der Waals surface area (Å²) in [6.45, 7) is 1.47. The summed E-state index contributed by atoms with van der Waals surface area (Å²) < 4.78 is 5.29. The van der Waals surface area contributed by atoms with Gasteiger partial charge in [0.15, 0.2) is 0 Å². The average Bonchev–Trinajstić information content (AvgIpc) is 3.19. The zero-order chi connectivity index (χ0) is 15.4. The van der Waals surface area contributed by atoms with Crippen LogP contribution >= 0.6 is 11.3 Å². The van der Waals surface area contributed by atoms with Gasteiger partial charge in [0.05, 0.1) is 17.7 Å². The minimum Gasteiger partial charge on any atom is -0.468 e. The van der Waals surface area contributed by atoms with Gasteiger partial charge < -0.3 is 14.6 Å². The van der Waals surface area contributed by atoms with Crippen molar-refractivity contribution >= 4 is 17.0 Å². The van der Waals surface area contributed by atoms with Crippen LogP contribution in [0.25, 0.3) is 10.4 Å². The molecule has 0 aliphatic rings. The second-order valence-electron chi connectivity index (χ2n) is 5.24. The van der Waals surface area contributed by atoms with Crippen molar-refractivity contribution in [3.05, 3.63) is 59.6 Å². The molecular formula is C17H19N3OS. The van der Waals surface area contributed by atoms with Gasteiger partial charge in [0, 0.05) is 32.5 Å². The summed E-state index contributed by atoms with van der Waals surface area (Å²) in [4.78, 5) is 7.78. The Morgan fingerprint density at radius 2 is 1.95 bits per heavy atom. The largest absolute Gasteiger partial charge is 0.468 e. The zero-order valence-corrected chi connectivity index (χ0v) is 13.6. The molecule has 0 radical (unpaired) electrons. The maximum Gasteiger partial charge on any atom is 0.117 e. The highest BCUT2D eigenvalue weighted by Gasteiger charge is 2.05. The Kier molecular flexibility index (Phi) is 4.56. The minimum atomic E-state index is 0.722. The number of furan rings is 1. The predicted octanol–water partition coefficient (Wildman–Crippen LogP) is 3.76. The van der Waals surface area contributed by atoms with Gasteiger partial charge in [-0.05, 0) is 29.8 Å². The monoisotopic (exact) mass is 313 g/mol. The van der Waals surface area contributed by atoms with Crippen molar-refractivity contribution in [1.29, 1.82) is 0 Å². The van der Waals surface area contributed by atoms with Crippen LogP contribution in [0.2, 0.25) is 0 Å². The molecule has 0 saturated carbocycles. The summed E-state index contributed by atoms with van der Waals surface area (Å²) in [6.07, 6.45) is 3.63. The molecule has 114 valence electrons. The average molecular weight is 313 g/mol. The van der Waals surface area contributed by atoms with E-state index < -0.39 is 0 Å². The molecule has 1 N–H and O–H groups in total. The molecule has 0 atom stereocenters. The van der Waals surface area contributed by atoms with E-state index in [0.29, 0.717) is 0 Å². The number of nitrogens with zero attached hydrogens (tertiary/aromatic N) is 2. The van der Waals surface area contributed by atoms with E-state index in [0.717, 1.165) is 23.9 Å². The van der Waals surface area contributed by atoms with Crippen molar-refractivity contribution < 1.29 is 4.42 Å². The van der Waals surface area contributed by atoms with Crippen LogP contribution in [0.3, 0.4) is 0 Å². The summed E-state index contributed by atoms with van der Waals surface area (Å²) in [7, 11) is 4.09. The lowest BCUT2D eigenvalue weighted by atomic mass is 10.2. The molecule has 0 saturated heterocycles. The van der Waals surface area contributed by atoms with Crippen LogP contribution in [-0.2, 0) is 13.1 Å². The molecule has 0 unspecified atom stereocenters. The first-order valence-corrected chi connectivity index (χ1v) is 7.99. The van der Waals surface area contributed by atoms with Crippen LogP contribution in [0, 0.1) is 0 Å². The lowest BCUT2D eigenvalue weighted by Crippen LogP contribution is -2.11. The first-order valence-electron chi connectivity index (χ1n) is 7.18. The van der Waals surface area contributed by atoms with Gasteiger partial charge in [-0.2, -0.15) is 0 Å². The maximum atomic E-state index is 5.29. The van der Waals surface area contributed by atoms with Gasteiger partial charge in [0.25, 0.3) is 0 Å². The Bertz CT molecular complexity index is 702. The van der Waals surface area contributed by atoms with Gasteiger partial charge in [0.2, 0.25) is 0 Å². The number of anilines is 1. The highest BCUT2D eigenvalue weighted by atomic mass is 32.1. The second kappa shape index (κ2) is 6.77.